The molecule has 34 heavy (non-hydrogen) atoms. The number of aliphatic hydroxyl groups excluding tert-OH is 1. The van der Waals surface area contributed by atoms with Gasteiger partial charge in [-0.25, -0.2) is 0 Å². The molecule has 4 rings (SSSR count). The highest BCUT2D eigenvalue weighted by atomic mass is 16.7. The lowest BCUT2D eigenvalue weighted by Crippen LogP contribution is -2.60. The van der Waals surface area contributed by atoms with Gasteiger partial charge >= 0.3 is 0 Å². The largest absolute Gasteiger partial charge is 0.387 e. The smallest absolute Gasteiger partial charge is 0.186 e. The Bertz CT molecular complexity index is 950. The Hall–Kier alpha value is -2.58. The lowest BCUT2D eigenvalue weighted by atomic mass is 9.98. The Morgan fingerprint density at radius 3 is 1.65 bits per heavy atom. The zero-order valence-corrected chi connectivity index (χ0v) is 19.4. The zero-order valence-electron chi connectivity index (χ0n) is 19.4. The van der Waals surface area contributed by atoms with Crippen LogP contribution in [0.15, 0.2) is 91.0 Å². The maximum Gasteiger partial charge on any atom is 0.186 e. The lowest BCUT2D eigenvalue weighted by molar-refractivity contribution is -0.315. The monoisotopic (exact) mass is 464 g/mol. The standard InChI is InChI=1S/C28H32O6/c1-30-28-27(33-19-23-15-9-4-10-16-23)25(29)26(32-18-22-13-7-3-8-14-22)24(34-28)20-31-17-21-11-5-2-6-12-21/h2-16,24-29H,17-20H2,1H3/t24-,25+,26-,27-,28-/m1/s1. The normalized spacial score (nSPS) is 24.7. The quantitative estimate of drug-likeness (QED) is 0.461. The molecule has 1 aliphatic rings. The van der Waals surface area contributed by atoms with Crippen LogP contribution in [-0.2, 0) is 43.5 Å². The van der Waals surface area contributed by atoms with Gasteiger partial charge in [0, 0.05) is 7.11 Å². The zero-order chi connectivity index (χ0) is 23.6. The van der Waals surface area contributed by atoms with Crippen LogP contribution in [0, 0.1) is 0 Å². The van der Waals surface area contributed by atoms with Crippen molar-refractivity contribution in [3.8, 4) is 0 Å². The van der Waals surface area contributed by atoms with Gasteiger partial charge in [-0.05, 0) is 16.7 Å². The summed E-state index contributed by atoms with van der Waals surface area (Å²) in [5.41, 5.74) is 3.07. The molecule has 0 bridgehead atoms. The van der Waals surface area contributed by atoms with E-state index in [1.165, 1.54) is 0 Å². The van der Waals surface area contributed by atoms with Crippen LogP contribution in [0.3, 0.4) is 0 Å². The molecule has 1 aliphatic heterocycles. The molecule has 180 valence electrons. The molecule has 0 spiro atoms. The predicted molar refractivity (Wildman–Crippen MR) is 128 cm³/mol. The molecule has 0 radical (unpaired) electrons. The summed E-state index contributed by atoms with van der Waals surface area (Å²) in [7, 11) is 1.54. The summed E-state index contributed by atoms with van der Waals surface area (Å²) in [6.45, 7) is 1.35. The second-order valence-electron chi connectivity index (χ2n) is 8.29. The van der Waals surface area contributed by atoms with Gasteiger partial charge in [-0.1, -0.05) is 91.0 Å². The van der Waals surface area contributed by atoms with E-state index < -0.39 is 30.7 Å². The molecule has 0 unspecified atom stereocenters. The van der Waals surface area contributed by atoms with Gasteiger partial charge in [0.25, 0.3) is 0 Å². The number of methoxy groups -OCH3 is 1. The molecule has 1 heterocycles. The third-order valence-corrected chi connectivity index (χ3v) is 5.81. The van der Waals surface area contributed by atoms with Crippen LogP contribution >= 0.6 is 0 Å². The van der Waals surface area contributed by atoms with E-state index in [4.69, 9.17) is 23.7 Å². The first-order valence-corrected chi connectivity index (χ1v) is 11.5. The van der Waals surface area contributed by atoms with Crippen molar-refractivity contribution >= 4 is 0 Å². The molecular formula is C28H32O6. The maximum absolute atomic E-state index is 11.3. The second kappa shape index (κ2) is 12.8. The molecule has 0 aromatic heterocycles. The number of hydrogen-bond acceptors (Lipinski definition) is 6. The van der Waals surface area contributed by atoms with Crippen molar-refractivity contribution in [1.29, 1.82) is 0 Å². The van der Waals surface area contributed by atoms with Crippen LogP contribution in [0.5, 0.6) is 0 Å². The number of rotatable bonds is 11. The first kappa shape index (κ1) is 24.5. The highest BCUT2D eigenvalue weighted by Crippen LogP contribution is 2.28. The summed E-state index contributed by atoms with van der Waals surface area (Å²) in [5.74, 6) is 0. The molecule has 5 atom stereocenters. The van der Waals surface area contributed by atoms with Gasteiger partial charge in [-0.3, -0.25) is 0 Å². The topological polar surface area (TPSA) is 66.4 Å². The van der Waals surface area contributed by atoms with E-state index in [2.05, 4.69) is 0 Å². The van der Waals surface area contributed by atoms with E-state index in [0.717, 1.165) is 16.7 Å². The van der Waals surface area contributed by atoms with E-state index in [-0.39, 0.29) is 6.61 Å². The predicted octanol–water partition coefficient (Wildman–Crippen LogP) is 4.11. The SMILES string of the molecule is CO[C@@H]1O[C@H](COCc2ccccc2)[C@@H](OCc2ccccc2)[C@H](O)[C@H]1OCc1ccccc1. The summed E-state index contributed by atoms with van der Waals surface area (Å²) >= 11 is 0. The Morgan fingerprint density at radius 2 is 1.15 bits per heavy atom. The first-order valence-electron chi connectivity index (χ1n) is 11.5. The van der Waals surface area contributed by atoms with Gasteiger partial charge in [0.2, 0.25) is 0 Å². The molecule has 6 heteroatoms. The molecule has 6 nitrogen and oxygen atoms in total. The highest BCUT2D eigenvalue weighted by molar-refractivity contribution is 5.15. The first-order chi connectivity index (χ1) is 16.7. The summed E-state index contributed by atoms with van der Waals surface area (Å²) in [6.07, 6.45) is -3.60. The van der Waals surface area contributed by atoms with Crippen molar-refractivity contribution in [2.24, 2.45) is 0 Å². The van der Waals surface area contributed by atoms with Crippen LogP contribution in [0.2, 0.25) is 0 Å². The Kier molecular flexibility index (Phi) is 9.21. The molecule has 0 aliphatic carbocycles. The van der Waals surface area contributed by atoms with Crippen LogP contribution in [0.25, 0.3) is 0 Å². The fraction of sp³-hybridized carbons (Fsp3) is 0.357. The maximum atomic E-state index is 11.3. The van der Waals surface area contributed by atoms with Crippen LogP contribution in [-0.4, -0.2) is 49.5 Å². The average molecular weight is 465 g/mol. The van der Waals surface area contributed by atoms with E-state index in [9.17, 15) is 5.11 Å². The highest BCUT2D eigenvalue weighted by Gasteiger charge is 2.47. The molecule has 0 saturated carbocycles. The minimum Gasteiger partial charge on any atom is -0.387 e. The molecule has 0 amide bonds. The number of ether oxygens (including phenoxy) is 5. The van der Waals surface area contributed by atoms with Crippen molar-refractivity contribution in [3.05, 3.63) is 108 Å². The van der Waals surface area contributed by atoms with E-state index >= 15 is 0 Å². The summed E-state index contributed by atoms with van der Waals surface area (Å²) in [5, 5.41) is 11.3. The summed E-state index contributed by atoms with van der Waals surface area (Å²) < 4.78 is 29.9. The van der Waals surface area contributed by atoms with Crippen molar-refractivity contribution in [3.63, 3.8) is 0 Å². The van der Waals surface area contributed by atoms with Crippen molar-refractivity contribution in [2.45, 2.75) is 50.5 Å². The van der Waals surface area contributed by atoms with Gasteiger partial charge in [-0.2, -0.15) is 0 Å². The van der Waals surface area contributed by atoms with Crippen LogP contribution in [0.1, 0.15) is 16.7 Å². The van der Waals surface area contributed by atoms with E-state index in [1.807, 2.05) is 91.0 Å². The van der Waals surface area contributed by atoms with Crippen molar-refractivity contribution in [2.75, 3.05) is 13.7 Å². The Labute approximate surface area is 201 Å². The fourth-order valence-electron chi connectivity index (χ4n) is 4.00. The summed E-state index contributed by atoms with van der Waals surface area (Å²) in [4.78, 5) is 0. The van der Waals surface area contributed by atoms with Gasteiger partial charge in [0.15, 0.2) is 6.29 Å². The van der Waals surface area contributed by atoms with Crippen molar-refractivity contribution < 1.29 is 28.8 Å². The fourth-order valence-corrected chi connectivity index (χ4v) is 4.00. The minimum atomic E-state index is -0.962. The molecule has 1 saturated heterocycles. The minimum absolute atomic E-state index is 0.247. The molecule has 1 N–H and O–H groups in total. The number of benzene rings is 3. The van der Waals surface area contributed by atoms with Crippen LogP contribution < -0.4 is 0 Å². The average Bonchev–Trinajstić information content (AvgIpc) is 2.89. The number of hydrogen-bond donors (Lipinski definition) is 1. The third kappa shape index (κ3) is 6.73. The second-order valence-corrected chi connectivity index (χ2v) is 8.29. The van der Waals surface area contributed by atoms with E-state index in [0.29, 0.717) is 19.8 Å². The van der Waals surface area contributed by atoms with E-state index in [1.54, 1.807) is 7.11 Å². The lowest BCUT2D eigenvalue weighted by Gasteiger charge is -2.43. The van der Waals surface area contributed by atoms with Gasteiger partial charge < -0.3 is 28.8 Å². The van der Waals surface area contributed by atoms with Crippen LogP contribution in [0.4, 0.5) is 0 Å². The Balaban J connectivity index is 1.44. The Morgan fingerprint density at radius 1 is 0.676 bits per heavy atom. The molecule has 3 aromatic rings. The third-order valence-electron chi connectivity index (χ3n) is 5.81. The van der Waals surface area contributed by atoms with Gasteiger partial charge in [0.1, 0.15) is 24.4 Å². The summed E-state index contributed by atoms with van der Waals surface area (Å²) in [6, 6.07) is 29.6. The molecule has 1 fully saturated rings. The molecule has 3 aromatic carbocycles. The molecular weight excluding hydrogens is 432 g/mol. The number of aliphatic hydroxyl groups is 1. The van der Waals surface area contributed by atoms with Crippen molar-refractivity contribution in [1.82, 2.24) is 0 Å². The van der Waals surface area contributed by atoms with Gasteiger partial charge in [0.05, 0.1) is 26.4 Å². The van der Waals surface area contributed by atoms with Gasteiger partial charge in [-0.15, -0.1) is 0 Å².